The van der Waals surface area contributed by atoms with Gasteiger partial charge in [-0.1, -0.05) is 13.3 Å². The molecule has 112 valence electrons. The normalized spacial score (nSPS) is 20.4. The molecule has 3 nitrogen and oxygen atoms in total. The highest BCUT2D eigenvalue weighted by atomic mass is 32.2. The molecule has 1 fully saturated rings. The predicted molar refractivity (Wildman–Crippen MR) is 86.1 cm³/mol. The van der Waals surface area contributed by atoms with Crippen molar-refractivity contribution in [1.82, 2.24) is 5.32 Å². The van der Waals surface area contributed by atoms with Gasteiger partial charge in [0.25, 0.3) is 0 Å². The molecule has 0 aromatic heterocycles. The quantitative estimate of drug-likeness (QED) is 0.868. The van der Waals surface area contributed by atoms with Crippen LogP contribution in [0.2, 0.25) is 0 Å². The van der Waals surface area contributed by atoms with Gasteiger partial charge in [-0.3, -0.25) is 0 Å². The molecule has 1 saturated heterocycles. The fourth-order valence-corrected chi connectivity index (χ4v) is 4.21. The van der Waals surface area contributed by atoms with E-state index in [1.807, 2.05) is 12.1 Å². The maximum absolute atomic E-state index is 5.56. The van der Waals surface area contributed by atoms with Gasteiger partial charge in [0.15, 0.2) is 0 Å². The van der Waals surface area contributed by atoms with E-state index in [1.54, 1.807) is 14.2 Å². The van der Waals surface area contributed by atoms with Gasteiger partial charge in [-0.2, -0.15) is 11.8 Å². The summed E-state index contributed by atoms with van der Waals surface area (Å²) in [5.74, 6) is 3.10. The van der Waals surface area contributed by atoms with Crippen LogP contribution in [-0.4, -0.2) is 31.8 Å². The molecule has 20 heavy (non-hydrogen) atoms. The zero-order valence-electron chi connectivity index (χ0n) is 12.6. The van der Waals surface area contributed by atoms with E-state index < -0.39 is 0 Å². The van der Waals surface area contributed by atoms with Crippen molar-refractivity contribution < 1.29 is 9.47 Å². The molecule has 0 bridgehead atoms. The number of hydrogen-bond acceptors (Lipinski definition) is 4. The van der Waals surface area contributed by atoms with Gasteiger partial charge in [0.1, 0.15) is 11.5 Å². The van der Waals surface area contributed by atoms with Crippen LogP contribution in [0.5, 0.6) is 11.5 Å². The Morgan fingerprint density at radius 2 is 2.15 bits per heavy atom. The van der Waals surface area contributed by atoms with Crippen LogP contribution in [0.4, 0.5) is 0 Å². The lowest BCUT2D eigenvalue weighted by Gasteiger charge is -2.31. The van der Waals surface area contributed by atoms with Crippen LogP contribution >= 0.6 is 11.8 Å². The molecule has 0 saturated carbocycles. The maximum Gasteiger partial charge on any atom is 0.123 e. The van der Waals surface area contributed by atoms with E-state index in [1.165, 1.54) is 30.6 Å². The number of ether oxygens (including phenoxy) is 2. The smallest absolute Gasteiger partial charge is 0.123 e. The van der Waals surface area contributed by atoms with Crippen LogP contribution in [0.25, 0.3) is 0 Å². The van der Waals surface area contributed by atoms with E-state index in [9.17, 15) is 0 Å². The van der Waals surface area contributed by atoms with E-state index in [4.69, 9.17) is 9.47 Å². The number of benzene rings is 1. The Morgan fingerprint density at radius 3 is 2.75 bits per heavy atom. The van der Waals surface area contributed by atoms with E-state index in [2.05, 4.69) is 30.1 Å². The monoisotopic (exact) mass is 295 g/mol. The Morgan fingerprint density at radius 1 is 1.30 bits per heavy atom. The molecule has 1 aromatic carbocycles. The Kier molecular flexibility index (Phi) is 6.05. The van der Waals surface area contributed by atoms with Gasteiger partial charge in [0.05, 0.1) is 14.2 Å². The van der Waals surface area contributed by atoms with Gasteiger partial charge in [-0.15, -0.1) is 0 Å². The lowest BCUT2D eigenvalue weighted by Crippen LogP contribution is -2.32. The summed E-state index contributed by atoms with van der Waals surface area (Å²) >= 11 is 2.08. The summed E-state index contributed by atoms with van der Waals surface area (Å²) < 4.78 is 10.9. The second kappa shape index (κ2) is 7.79. The molecule has 1 N–H and O–H groups in total. The van der Waals surface area contributed by atoms with E-state index in [-0.39, 0.29) is 0 Å². The van der Waals surface area contributed by atoms with Crippen LogP contribution in [0, 0.1) is 0 Å². The summed E-state index contributed by atoms with van der Waals surface area (Å²) in [4.78, 5) is 0. The third-order valence-corrected chi connectivity index (χ3v) is 5.24. The average Bonchev–Trinajstić information content (AvgIpc) is 2.53. The molecule has 0 aliphatic carbocycles. The second-order valence-corrected chi connectivity index (χ2v) is 6.40. The SMILES string of the molecule is CCNC(c1cc(OC)ccc1OC)C1CCCCS1. The summed E-state index contributed by atoms with van der Waals surface area (Å²) in [6.07, 6.45) is 3.93. The first-order valence-corrected chi connectivity index (χ1v) is 8.42. The molecule has 2 unspecified atom stereocenters. The molecule has 0 radical (unpaired) electrons. The maximum atomic E-state index is 5.56. The van der Waals surface area contributed by atoms with E-state index >= 15 is 0 Å². The van der Waals surface area contributed by atoms with Gasteiger partial charge in [0.2, 0.25) is 0 Å². The Balaban J connectivity index is 2.30. The molecule has 1 aliphatic rings. The van der Waals surface area contributed by atoms with E-state index in [0.29, 0.717) is 11.3 Å². The van der Waals surface area contributed by atoms with Crippen molar-refractivity contribution in [3.8, 4) is 11.5 Å². The summed E-state index contributed by atoms with van der Waals surface area (Å²) in [6, 6.07) is 6.41. The molecular formula is C16H25NO2S. The van der Waals surface area contributed by atoms with Crippen LogP contribution in [0.1, 0.15) is 37.8 Å². The minimum atomic E-state index is 0.329. The molecular weight excluding hydrogens is 270 g/mol. The predicted octanol–water partition coefficient (Wildman–Crippen LogP) is 3.64. The zero-order chi connectivity index (χ0) is 14.4. The van der Waals surface area contributed by atoms with Crippen molar-refractivity contribution in [2.45, 2.75) is 37.5 Å². The van der Waals surface area contributed by atoms with Gasteiger partial charge in [-0.05, 0) is 43.3 Å². The molecule has 4 heteroatoms. The summed E-state index contributed by atoms with van der Waals surface area (Å²) in [5, 5.41) is 4.25. The van der Waals surface area contributed by atoms with Crippen molar-refractivity contribution in [3.63, 3.8) is 0 Å². The topological polar surface area (TPSA) is 30.5 Å². The standard InChI is InChI=1S/C16H25NO2S/c1-4-17-16(15-7-5-6-10-20-15)13-11-12(18-2)8-9-14(13)19-3/h8-9,11,15-17H,4-7,10H2,1-3H3. The highest BCUT2D eigenvalue weighted by Gasteiger charge is 2.27. The average molecular weight is 295 g/mol. The number of thioether (sulfide) groups is 1. The molecule has 0 spiro atoms. The highest BCUT2D eigenvalue weighted by molar-refractivity contribution is 8.00. The first kappa shape index (κ1) is 15.5. The molecule has 1 aliphatic heterocycles. The molecule has 0 amide bonds. The van der Waals surface area contributed by atoms with Crippen LogP contribution in [0.15, 0.2) is 18.2 Å². The van der Waals surface area contributed by atoms with E-state index in [0.717, 1.165) is 18.0 Å². The Hall–Kier alpha value is -0.870. The number of hydrogen-bond donors (Lipinski definition) is 1. The van der Waals surface area contributed by atoms with Crippen molar-refractivity contribution in [2.75, 3.05) is 26.5 Å². The summed E-state index contributed by atoms with van der Waals surface area (Å²) in [5.41, 5.74) is 1.22. The lowest BCUT2D eigenvalue weighted by molar-refractivity contribution is 0.386. The third-order valence-electron chi connectivity index (χ3n) is 3.78. The van der Waals surface area contributed by atoms with Crippen LogP contribution in [0.3, 0.4) is 0 Å². The zero-order valence-corrected chi connectivity index (χ0v) is 13.5. The minimum absolute atomic E-state index is 0.329. The minimum Gasteiger partial charge on any atom is -0.497 e. The number of rotatable bonds is 6. The molecule has 1 heterocycles. The molecule has 2 atom stereocenters. The van der Waals surface area contributed by atoms with Crippen LogP contribution < -0.4 is 14.8 Å². The first-order chi connectivity index (χ1) is 9.80. The largest absolute Gasteiger partial charge is 0.497 e. The Bertz CT molecular complexity index is 419. The van der Waals surface area contributed by atoms with Gasteiger partial charge in [0, 0.05) is 16.9 Å². The molecule has 1 aromatic rings. The van der Waals surface area contributed by atoms with Crippen LogP contribution in [-0.2, 0) is 0 Å². The highest BCUT2D eigenvalue weighted by Crippen LogP contribution is 2.39. The summed E-state index contributed by atoms with van der Waals surface area (Å²) in [6.45, 7) is 3.12. The fraction of sp³-hybridized carbons (Fsp3) is 0.625. The van der Waals surface area contributed by atoms with Crippen molar-refractivity contribution in [3.05, 3.63) is 23.8 Å². The second-order valence-electron chi connectivity index (χ2n) is 5.05. The van der Waals surface area contributed by atoms with Gasteiger partial charge in [-0.25, -0.2) is 0 Å². The van der Waals surface area contributed by atoms with Crippen molar-refractivity contribution in [1.29, 1.82) is 0 Å². The van der Waals surface area contributed by atoms with Gasteiger partial charge >= 0.3 is 0 Å². The fourth-order valence-electron chi connectivity index (χ4n) is 2.77. The third kappa shape index (κ3) is 3.61. The lowest BCUT2D eigenvalue weighted by atomic mass is 9.98. The first-order valence-electron chi connectivity index (χ1n) is 7.37. The van der Waals surface area contributed by atoms with Gasteiger partial charge < -0.3 is 14.8 Å². The number of methoxy groups -OCH3 is 2. The van der Waals surface area contributed by atoms with Crippen molar-refractivity contribution in [2.24, 2.45) is 0 Å². The van der Waals surface area contributed by atoms with Crippen molar-refractivity contribution >= 4 is 11.8 Å². The summed E-state index contributed by atoms with van der Waals surface area (Å²) in [7, 11) is 3.45. The molecule has 2 rings (SSSR count). The Labute approximate surface area is 126 Å². The number of nitrogens with one attached hydrogen (secondary N) is 1.